The maximum Gasteiger partial charge on any atom is 0.223 e. The fraction of sp³-hybridized carbons (Fsp3) is 0.200. The number of hydrogen-bond donors (Lipinski definition) is 0. The van der Waals surface area contributed by atoms with Gasteiger partial charge in [-0.2, -0.15) is 4.98 Å². The Hall–Kier alpha value is -1.43. The second-order valence-corrected chi connectivity index (χ2v) is 3.95. The zero-order chi connectivity index (χ0) is 11.5. The van der Waals surface area contributed by atoms with Crippen LogP contribution in [0.5, 0.6) is 5.75 Å². The minimum Gasteiger partial charge on any atom is -0.485 e. The van der Waals surface area contributed by atoms with Crippen LogP contribution in [-0.4, -0.2) is 10.1 Å². The van der Waals surface area contributed by atoms with Gasteiger partial charge < -0.3 is 9.26 Å². The SMILES string of the molecule is Cc1nc(COc2ccc(F)c(Br)c2)no1. The highest BCUT2D eigenvalue weighted by atomic mass is 79.9. The van der Waals surface area contributed by atoms with Gasteiger partial charge >= 0.3 is 0 Å². The van der Waals surface area contributed by atoms with E-state index < -0.39 is 0 Å². The lowest BCUT2D eigenvalue weighted by atomic mass is 10.3. The minimum absolute atomic E-state index is 0.190. The number of nitrogens with zero attached hydrogens (tertiary/aromatic N) is 2. The molecule has 2 aromatic rings. The summed E-state index contributed by atoms with van der Waals surface area (Å²) in [5, 5.41) is 3.67. The number of benzene rings is 1. The van der Waals surface area contributed by atoms with Crippen molar-refractivity contribution in [1.29, 1.82) is 0 Å². The molecule has 0 N–H and O–H groups in total. The van der Waals surface area contributed by atoms with Gasteiger partial charge in [-0.05, 0) is 34.1 Å². The first-order valence-corrected chi connectivity index (χ1v) is 5.31. The lowest BCUT2D eigenvalue weighted by molar-refractivity contribution is 0.285. The average Bonchev–Trinajstić information content (AvgIpc) is 2.66. The van der Waals surface area contributed by atoms with Crippen LogP contribution in [-0.2, 0) is 6.61 Å². The first kappa shape index (κ1) is 11.1. The third-order valence-corrected chi connectivity index (χ3v) is 2.44. The maximum absolute atomic E-state index is 12.9. The molecule has 1 heterocycles. The van der Waals surface area contributed by atoms with Gasteiger partial charge in [-0.1, -0.05) is 5.16 Å². The monoisotopic (exact) mass is 286 g/mol. The summed E-state index contributed by atoms with van der Waals surface area (Å²) in [4.78, 5) is 3.98. The van der Waals surface area contributed by atoms with Crippen molar-refractivity contribution in [2.45, 2.75) is 13.5 Å². The molecule has 84 valence electrons. The molecule has 0 amide bonds. The van der Waals surface area contributed by atoms with Crippen LogP contribution in [0, 0.1) is 12.7 Å². The van der Waals surface area contributed by atoms with Gasteiger partial charge in [0.2, 0.25) is 11.7 Å². The Kier molecular flexibility index (Phi) is 3.19. The Balaban J connectivity index is 2.02. The molecule has 16 heavy (non-hydrogen) atoms. The number of ether oxygens (including phenoxy) is 1. The summed E-state index contributed by atoms with van der Waals surface area (Å²) in [6.07, 6.45) is 0. The molecule has 6 heteroatoms. The topological polar surface area (TPSA) is 48.2 Å². The minimum atomic E-state index is -0.331. The lowest BCUT2D eigenvalue weighted by Gasteiger charge is -2.03. The van der Waals surface area contributed by atoms with Crippen LogP contribution in [0.2, 0.25) is 0 Å². The Morgan fingerprint density at radius 3 is 2.94 bits per heavy atom. The number of hydrogen-bond acceptors (Lipinski definition) is 4. The van der Waals surface area contributed by atoms with Gasteiger partial charge in [0.15, 0.2) is 6.61 Å². The van der Waals surface area contributed by atoms with Crippen LogP contribution in [0.15, 0.2) is 27.2 Å². The molecule has 0 aliphatic heterocycles. The van der Waals surface area contributed by atoms with Crippen LogP contribution in [0.1, 0.15) is 11.7 Å². The zero-order valence-corrected chi connectivity index (χ0v) is 9.99. The smallest absolute Gasteiger partial charge is 0.223 e. The Labute approximate surface area is 99.5 Å². The van der Waals surface area contributed by atoms with Crippen LogP contribution in [0.3, 0.4) is 0 Å². The van der Waals surface area contributed by atoms with E-state index in [0.29, 0.717) is 21.9 Å². The van der Waals surface area contributed by atoms with Crippen molar-refractivity contribution in [3.05, 3.63) is 40.2 Å². The summed E-state index contributed by atoms with van der Waals surface area (Å²) in [6.45, 7) is 1.89. The summed E-state index contributed by atoms with van der Waals surface area (Å²) >= 11 is 3.07. The Morgan fingerprint density at radius 2 is 2.31 bits per heavy atom. The average molecular weight is 287 g/mol. The van der Waals surface area contributed by atoms with Crippen molar-refractivity contribution < 1.29 is 13.7 Å². The van der Waals surface area contributed by atoms with Crippen molar-refractivity contribution in [1.82, 2.24) is 10.1 Å². The molecule has 0 aliphatic carbocycles. The number of aryl methyl sites for hydroxylation is 1. The first-order chi connectivity index (χ1) is 7.65. The number of halogens is 2. The van der Waals surface area contributed by atoms with E-state index in [1.165, 1.54) is 12.1 Å². The van der Waals surface area contributed by atoms with E-state index in [2.05, 4.69) is 26.1 Å². The van der Waals surface area contributed by atoms with E-state index in [0.717, 1.165) is 0 Å². The van der Waals surface area contributed by atoms with E-state index >= 15 is 0 Å². The lowest BCUT2D eigenvalue weighted by Crippen LogP contribution is -1.97. The second kappa shape index (κ2) is 4.61. The predicted molar refractivity (Wildman–Crippen MR) is 57.5 cm³/mol. The molecule has 0 radical (unpaired) electrons. The molecule has 2 rings (SSSR count). The van der Waals surface area contributed by atoms with Crippen LogP contribution in [0.25, 0.3) is 0 Å². The molecule has 1 aromatic carbocycles. The van der Waals surface area contributed by atoms with Gasteiger partial charge in [0, 0.05) is 6.92 Å². The zero-order valence-electron chi connectivity index (χ0n) is 8.41. The maximum atomic E-state index is 12.9. The summed E-state index contributed by atoms with van der Waals surface area (Å²) in [5.41, 5.74) is 0. The summed E-state index contributed by atoms with van der Waals surface area (Å²) in [5.74, 6) is 1.15. The molecular weight excluding hydrogens is 279 g/mol. The molecule has 0 saturated carbocycles. The van der Waals surface area contributed by atoms with E-state index in [1.807, 2.05) is 0 Å². The third-order valence-electron chi connectivity index (χ3n) is 1.83. The van der Waals surface area contributed by atoms with Crippen molar-refractivity contribution >= 4 is 15.9 Å². The summed E-state index contributed by atoms with van der Waals surface area (Å²) in [7, 11) is 0. The highest BCUT2D eigenvalue weighted by molar-refractivity contribution is 9.10. The van der Waals surface area contributed by atoms with Crippen LogP contribution < -0.4 is 4.74 Å². The molecule has 0 bridgehead atoms. The van der Waals surface area contributed by atoms with Gasteiger partial charge in [-0.25, -0.2) is 4.39 Å². The Morgan fingerprint density at radius 1 is 1.50 bits per heavy atom. The second-order valence-electron chi connectivity index (χ2n) is 3.09. The van der Waals surface area contributed by atoms with Crippen molar-refractivity contribution in [3.63, 3.8) is 0 Å². The molecule has 0 fully saturated rings. The largest absolute Gasteiger partial charge is 0.485 e. The number of aromatic nitrogens is 2. The fourth-order valence-electron chi connectivity index (χ4n) is 1.11. The van der Waals surface area contributed by atoms with Crippen molar-refractivity contribution in [3.8, 4) is 5.75 Å². The normalized spacial score (nSPS) is 10.4. The van der Waals surface area contributed by atoms with E-state index in [9.17, 15) is 4.39 Å². The van der Waals surface area contributed by atoms with Crippen LogP contribution >= 0.6 is 15.9 Å². The standard InChI is InChI=1S/C10H8BrFN2O2/c1-6-13-10(14-16-6)5-15-7-2-3-9(12)8(11)4-7/h2-4H,5H2,1H3. The summed E-state index contributed by atoms with van der Waals surface area (Å²) < 4.78 is 23.4. The highest BCUT2D eigenvalue weighted by Gasteiger charge is 2.05. The molecule has 0 atom stereocenters. The molecule has 4 nitrogen and oxygen atoms in total. The van der Waals surface area contributed by atoms with E-state index in [1.54, 1.807) is 13.0 Å². The van der Waals surface area contributed by atoms with Gasteiger partial charge in [-0.3, -0.25) is 0 Å². The van der Waals surface area contributed by atoms with Gasteiger partial charge in [0.25, 0.3) is 0 Å². The van der Waals surface area contributed by atoms with Gasteiger partial charge in [0.05, 0.1) is 4.47 Å². The molecular formula is C10H8BrFN2O2. The third kappa shape index (κ3) is 2.57. The van der Waals surface area contributed by atoms with Crippen molar-refractivity contribution in [2.24, 2.45) is 0 Å². The molecule has 1 aromatic heterocycles. The molecule has 0 spiro atoms. The molecule has 0 aliphatic rings. The fourth-order valence-corrected chi connectivity index (χ4v) is 1.47. The highest BCUT2D eigenvalue weighted by Crippen LogP contribution is 2.22. The van der Waals surface area contributed by atoms with Crippen molar-refractivity contribution in [2.75, 3.05) is 0 Å². The van der Waals surface area contributed by atoms with Gasteiger partial charge in [-0.15, -0.1) is 0 Å². The number of rotatable bonds is 3. The quantitative estimate of drug-likeness (QED) is 0.871. The molecule has 0 unspecified atom stereocenters. The van der Waals surface area contributed by atoms with Crippen LogP contribution in [0.4, 0.5) is 4.39 Å². The summed E-state index contributed by atoms with van der Waals surface area (Å²) in [6, 6.07) is 4.40. The van der Waals surface area contributed by atoms with E-state index in [-0.39, 0.29) is 12.4 Å². The van der Waals surface area contributed by atoms with E-state index in [4.69, 9.17) is 9.26 Å². The Bertz CT molecular complexity index is 501. The molecule has 0 saturated heterocycles. The first-order valence-electron chi connectivity index (χ1n) is 4.52. The van der Waals surface area contributed by atoms with Gasteiger partial charge in [0.1, 0.15) is 11.6 Å². The predicted octanol–water partition coefficient (Wildman–Crippen LogP) is 2.86.